The van der Waals surface area contributed by atoms with Gasteiger partial charge in [0.25, 0.3) is 0 Å². The van der Waals surface area contributed by atoms with Gasteiger partial charge in [-0.15, -0.1) is 11.3 Å². The lowest BCUT2D eigenvalue weighted by Gasteiger charge is -2.16. The van der Waals surface area contributed by atoms with Crippen LogP contribution in [0.4, 0.5) is 11.6 Å². The van der Waals surface area contributed by atoms with Crippen molar-refractivity contribution in [1.82, 2.24) is 9.97 Å². The van der Waals surface area contributed by atoms with Gasteiger partial charge in [0.05, 0.1) is 6.04 Å². The number of aromatic nitrogens is 2. The van der Waals surface area contributed by atoms with Gasteiger partial charge >= 0.3 is 0 Å². The second-order valence-corrected chi connectivity index (χ2v) is 4.39. The van der Waals surface area contributed by atoms with Crippen LogP contribution in [-0.4, -0.2) is 9.97 Å². The summed E-state index contributed by atoms with van der Waals surface area (Å²) in [5, 5.41) is 5.38. The van der Waals surface area contributed by atoms with Gasteiger partial charge in [0.15, 0.2) is 11.6 Å². The largest absolute Gasteiger partial charge is 0.381 e. The average molecular weight is 234 g/mol. The Balaban J connectivity index is 2.17. The van der Waals surface area contributed by atoms with Crippen molar-refractivity contribution in [2.45, 2.75) is 19.4 Å². The summed E-state index contributed by atoms with van der Waals surface area (Å²) in [5.41, 5.74) is 5.74. The first-order valence-electron chi connectivity index (χ1n) is 5.17. The summed E-state index contributed by atoms with van der Waals surface area (Å²) in [5.74, 6) is 1.10. The van der Waals surface area contributed by atoms with E-state index in [2.05, 4.69) is 33.7 Å². The predicted octanol–water partition coefficient (Wildman–Crippen LogP) is 2.68. The van der Waals surface area contributed by atoms with E-state index in [-0.39, 0.29) is 6.04 Å². The van der Waals surface area contributed by atoms with Gasteiger partial charge < -0.3 is 11.1 Å². The predicted molar refractivity (Wildman–Crippen MR) is 67.4 cm³/mol. The third-order valence-electron chi connectivity index (χ3n) is 2.33. The molecule has 2 aromatic heterocycles. The number of rotatable bonds is 4. The van der Waals surface area contributed by atoms with Crippen molar-refractivity contribution in [1.29, 1.82) is 0 Å². The Morgan fingerprint density at radius 1 is 1.44 bits per heavy atom. The van der Waals surface area contributed by atoms with Crippen LogP contribution in [0.2, 0.25) is 0 Å². The summed E-state index contributed by atoms with van der Waals surface area (Å²) >= 11 is 1.73. The molecule has 0 aliphatic carbocycles. The third kappa shape index (κ3) is 2.30. The quantitative estimate of drug-likeness (QED) is 0.853. The standard InChI is InChI=1S/C11H14N4S/c1-2-8(9-4-3-7-16-9)15-11-10(12)13-5-6-14-11/h3-8H,2H2,1H3,(H2,12,13)(H,14,15). The molecule has 84 valence electrons. The van der Waals surface area contributed by atoms with Crippen LogP contribution in [0, 0.1) is 0 Å². The minimum Gasteiger partial charge on any atom is -0.381 e. The van der Waals surface area contributed by atoms with Crippen LogP contribution in [0.5, 0.6) is 0 Å². The molecule has 1 atom stereocenters. The molecule has 0 saturated heterocycles. The molecule has 1 unspecified atom stereocenters. The van der Waals surface area contributed by atoms with E-state index in [0.717, 1.165) is 6.42 Å². The monoisotopic (exact) mass is 234 g/mol. The van der Waals surface area contributed by atoms with Gasteiger partial charge in [-0.05, 0) is 17.9 Å². The Hall–Kier alpha value is -1.62. The molecule has 3 N–H and O–H groups in total. The highest BCUT2D eigenvalue weighted by molar-refractivity contribution is 7.10. The van der Waals surface area contributed by atoms with E-state index in [4.69, 9.17) is 5.73 Å². The maximum atomic E-state index is 5.74. The van der Waals surface area contributed by atoms with Crippen molar-refractivity contribution >= 4 is 23.0 Å². The van der Waals surface area contributed by atoms with Gasteiger partial charge in [-0.25, -0.2) is 9.97 Å². The second-order valence-electron chi connectivity index (χ2n) is 3.41. The van der Waals surface area contributed by atoms with E-state index in [0.29, 0.717) is 11.6 Å². The number of anilines is 2. The molecular formula is C11H14N4S. The van der Waals surface area contributed by atoms with Gasteiger partial charge in [0.1, 0.15) is 0 Å². The first-order chi connectivity index (χ1) is 7.81. The number of hydrogen-bond acceptors (Lipinski definition) is 5. The molecule has 0 aromatic carbocycles. The van der Waals surface area contributed by atoms with E-state index in [1.807, 2.05) is 6.07 Å². The topological polar surface area (TPSA) is 63.8 Å². The fraction of sp³-hybridized carbons (Fsp3) is 0.273. The lowest BCUT2D eigenvalue weighted by Crippen LogP contribution is -2.11. The SMILES string of the molecule is CCC(Nc1nccnc1N)c1cccs1. The van der Waals surface area contributed by atoms with E-state index in [1.165, 1.54) is 4.88 Å². The minimum atomic E-state index is 0.249. The normalized spacial score (nSPS) is 12.3. The van der Waals surface area contributed by atoms with Crippen molar-refractivity contribution in [3.63, 3.8) is 0 Å². The lowest BCUT2D eigenvalue weighted by molar-refractivity contribution is 0.758. The number of thiophene rings is 1. The zero-order valence-electron chi connectivity index (χ0n) is 9.05. The van der Waals surface area contributed by atoms with Crippen molar-refractivity contribution in [2.75, 3.05) is 11.1 Å². The molecule has 0 radical (unpaired) electrons. The summed E-state index contributed by atoms with van der Waals surface area (Å²) in [6.45, 7) is 2.13. The summed E-state index contributed by atoms with van der Waals surface area (Å²) in [6, 6.07) is 4.40. The van der Waals surface area contributed by atoms with Gasteiger partial charge in [-0.1, -0.05) is 13.0 Å². The Bertz CT molecular complexity index is 441. The maximum absolute atomic E-state index is 5.74. The van der Waals surface area contributed by atoms with Crippen LogP contribution in [0.25, 0.3) is 0 Å². The van der Waals surface area contributed by atoms with E-state index < -0.39 is 0 Å². The molecule has 0 aliphatic heterocycles. The maximum Gasteiger partial charge on any atom is 0.169 e. The summed E-state index contributed by atoms with van der Waals surface area (Å²) in [7, 11) is 0. The fourth-order valence-electron chi connectivity index (χ4n) is 1.49. The molecule has 0 bridgehead atoms. The molecule has 2 aromatic rings. The minimum absolute atomic E-state index is 0.249. The van der Waals surface area contributed by atoms with Crippen LogP contribution < -0.4 is 11.1 Å². The van der Waals surface area contributed by atoms with Crippen LogP contribution in [0.3, 0.4) is 0 Å². The molecule has 0 spiro atoms. The molecule has 5 heteroatoms. The van der Waals surface area contributed by atoms with Crippen molar-refractivity contribution in [2.24, 2.45) is 0 Å². The molecule has 0 aliphatic rings. The highest BCUT2D eigenvalue weighted by Gasteiger charge is 2.12. The Morgan fingerprint density at radius 2 is 2.25 bits per heavy atom. The van der Waals surface area contributed by atoms with E-state index in [1.54, 1.807) is 23.7 Å². The number of nitrogens with two attached hydrogens (primary N) is 1. The van der Waals surface area contributed by atoms with E-state index >= 15 is 0 Å². The summed E-state index contributed by atoms with van der Waals surface area (Å²) < 4.78 is 0. The number of hydrogen-bond donors (Lipinski definition) is 2. The zero-order chi connectivity index (χ0) is 11.4. The van der Waals surface area contributed by atoms with Crippen molar-refractivity contribution in [3.05, 3.63) is 34.8 Å². The van der Waals surface area contributed by atoms with Gasteiger partial charge in [0.2, 0.25) is 0 Å². The lowest BCUT2D eigenvalue weighted by atomic mass is 10.2. The fourth-order valence-corrected chi connectivity index (χ4v) is 2.35. The summed E-state index contributed by atoms with van der Waals surface area (Å²) in [4.78, 5) is 9.47. The Morgan fingerprint density at radius 3 is 2.88 bits per heavy atom. The van der Waals surface area contributed by atoms with Crippen molar-refractivity contribution < 1.29 is 0 Å². The number of nitrogen functional groups attached to an aromatic ring is 1. The van der Waals surface area contributed by atoms with Crippen LogP contribution in [0.1, 0.15) is 24.3 Å². The van der Waals surface area contributed by atoms with Crippen LogP contribution in [-0.2, 0) is 0 Å². The first-order valence-corrected chi connectivity index (χ1v) is 6.05. The Kier molecular flexibility index (Phi) is 3.36. The van der Waals surface area contributed by atoms with Gasteiger partial charge in [0, 0.05) is 17.3 Å². The first kappa shape index (κ1) is 10.9. The van der Waals surface area contributed by atoms with Gasteiger partial charge in [-0.3, -0.25) is 0 Å². The molecular weight excluding hydrogens is 220 g/mol. The molecule has 16 heavy (non-hydrogen) atoms. The van der Waals surface area contributed by atoms with Crippen LogP contribution >= 0.6 is 11.3 Å². The van der Waals surface area contributed by atoms with Crippen molar-refractivity contribution in [3.8, 4) is 0 Å². The summed E-state index contributed by atoms with van der Waals surface area (Å²) in [6.07, 6.45) is 4.21. The molecule has 0 amide bonds. The highest BCUT2D eigenvalue weighted by Crippen LogP contribution is 2.26. The molecule has 0 fully saturated rings. The average Bonchev–Trinajstić information content (AvgIpc) is 2.81. The Labute approximate surface area is 98.6 Å². The smallest absolute Gasteiger partial charge is 0.169 e. The molecule has 4 nitrogen and oxygen atoms in total. The third-order valence-corrected chi connectivity index (χ3v) is 3.32. The number of nitrogens with zero attached hydrogens (tertiary/aromatic N) is 2. The molecule has 2 rings (SSSR count). The van der Waals surface area contributed by atoms with E-state index in [9.17, 15) is 0 Å². The zero-order valence-corrected chi connectivity index (χ0v) is 9.87. The second kappa shape index (κ2) is 4.94. The highest BCUT2D eigenvalue weighted by atomic mass is 32.1. The molecule has 0 saturated carbocycles. The molecule has 2 heterocycles. The van der Waals surface area contributed by atoms with Gasteiger partial charge in [-0.2, -0.15) is 0 Å². The van der Waals surface area contributed by atoms with Crippen LogP contribution in [0.15, 0.2) is 29.9 Å². The number of nitrogens with one attached hydrogen (secondary N) is 1.